The van der Waals surface area contributed by atoms with Crippen LogP contribution in [-0.4, -0.2) is 39.4 Å². The van der Waals surface area contributed by atoms with Crippen molar-refractivity contribution in [2.24, 2.45) is 0 Å². The minimum Gasteiger partial charge on any atom is -0.346 e. The molecule has 24 heavy (non-hydrogen) atoms. The number of aromatic nitrogens is 2. The lowest BCUT2D eigenvalue weighted by molar-refractivity contribution is 0.0714. The molecule has 2 amide bonds. The van der Waals surface area contributed by atoms with E-state index in [1.165, 1.54) is 11.3 Å². The number of hydrogen-bond donors (Lipinski definition) is 1. The van der Waals surface area contributed by atoms with Gasteiger partial charge in [0.05, 0.1) is 4.88 Å². The summed E-state index contributed by atoms with van der Waals surface area (Å²) < 4.78 is 5.28. The van der Waals surface area contributed by atoms with Gasteiger partial charge in [-0.05, 0) is 44.7 Å². The van der Waals surface area contributed by atoms with Gasteiger partial charge in [-0.15, -0.1) is 11.3 Å². The molecule has 1 aliphatic heterocycles. The molecule has 1 saturated carbocycles. The Morgan fingerprint density at radius 1 is 1.33 bits per heavy atom. The van der Waals surface area contributed by atoms with Crippen LogP contribution >= 0.6 is 11.3 Å². The lowest BCUT2D eigenvalue weighted by atomic mass is 10.2. The number of hydrogen-bond acceptors (Lipinski definition) is 6. The fraction of sp³-hybridized carbons (Fsp3) is 0.500. The SMILES string of the molecule is Cc1ccc(C(=O)N2CCC[C@H]2c2nc(C(=O)NC3CC3)no2)s1. The molecule has 7 nitrogen and oxygen atoms in total. The normalized spacial score (nSPS) is 20.4. The third kappa shape index (κ3) is 2.93. The summed E-state index contributed by atoms with van der Waals surface area (Å²) in [6.45, 7) is 2.64. The van der Waals surface area contributed by atoms with Crippen LogP contribution in [0.4, 0.5) is 0 Å². The molecule has 8 heteroatoms. The largest absolute Gasteiger partial charge is 0.346 e. The van der Waals surface area contributed by atoms with E-state index in [-0.39, 0.29) is 29.7 Å². The van der Waals surface area contributed by atoms with Crippen molar-refractivity contribution in [3.05, 3.63) is 33.6 Å². The average Bonchev–Trinajstić information content (AvgIpc) is 3.02. The van der Waals surface area contributed by atoms with Crippen LogP contribution in [-0.2, 0) is 0 Å². The van der Waals surface area contributed by atoms with Gasteiger partial charge in [-0.25, -0.2) is 0 Å². The summed E-state index contributed by atoms with van der Waals surface area (Å²) >= 11 is 1.48. The Labute approximate surface area is 143 Å². The highest BCUT2D eigenvalue weighted by Gasteiger charge is 2.36. The van der Waals surface area contributed by atoms with Gasteiger partial charge in [0.25, 0.3) is 17.6 Å². The molecule has 0 unspecified atom stereocenters. The maximum absolute atomic E-state index is 12.7. The number of carbonyl (C=O) groups is 2. The quantitative estimate of drug-likeness (QED) is 0.918. The van der Waals surface area contributed by atoms with Crippen LogP contribution in [0.2, 0.25) is 0 Å². The highest BCUT2D eigenvalue weighted by molar-refractivity contribution is 7.13. The molecular weight excluding hydrogens is 328 g/mol. The maximum Gasteiger partial charge on any atom is 0.292 e. The van der Waals surface area contributed by atoms with Gasteiger partial charge in [0.1, 0.15) is 6.04 Å². The molecule has 0 aromatic carbocycles. The van der Waals surface area contributed by atoms with Crippen molar-refractivity contribution < 1.29 is 14.1 Å². The van der Waals surface area contributed by atoms with Crippen molar-refractivity contribution >= 4 is 23.2 Å². The zero-order chi connectivity index (χ0) is 16.7. The van der Waals surface area contributed by atoms with Gasteiger partial charge in [-0.3, -0.25) is 9.59 Å². The topological polar surface area (TPSA) is 88.3 Å². The molecule has 2 aromatic rings. The van der Waals surface area contributed by atoms with Gasteiger partial charge in [-0.1, -0.05) is 5.16 Å². The van der Waals surface area contributed by atoms with Gasteiger partial charge >= 0.3 is 0 Å². The molecule has 0 bridgehead atoms. The first-order chi connectivity index (χ1) is 11.6. The van der Waals surface area contributed by atoms with Gasteiger partial charge < -0.3 is 14.7 Å². The minimum absolute atomic E-state index is 0.0159. The number of nitrogens with zero attached hydrogens (tertiary/aromatic N) is 3. The lowest BCUT2D eigenvalue weighted by Crippen LogP contribution is -2.30. The predicted molar refractivity (Wildman–Crippen MR) is 86.9 cm³/mol. The Morgan fingerprint density at radius 3 is 2.88 bits per heavy atom. The Hall–Kier alpha value is -2.22. The number of carbonyl (C=O) groups excluding carboxylic acids is 2. The van der Waals surface area contributed by atoms with Crippen LogP contribution in [0.5, 0.6) is 0 Å². The molecule has 0 spiro atoms. The van der Waals surface area contributed by atoms with Crippen molar-refractivity contribution in [2.45, 2.75) is 44.7 Å². The summed E-state index contributed by atoms with van der Waals surface area (Å²) in [7, 11) is 0. The summed E-state index contributed by atoms with van der Waals surface area (Å²) in [5, 5.41) is 6.61. The monoisotopic (exact) mass is 346 g/mol. The average molecular weight is 346 g/mol. The third-order valence-electron chi connectivity index (χ3n) is 4.31. The molecule has 3 heterocycles. The zero-order valence-electron chi connectivity index (χ0n) is 13.3. The van der Waals surface area contributed by atoms with E-state index in [2.05, 4.69) is 15.5 Å². The van der Waals surface area contributed by atoms with Gasteiger partial charge in [0, 0.05) is 17.5 Å². The van der Waals surface area contributed by atoms with Crippen LogP contribution in [0.1, 0.15) is 62.8 Å². The molecule has 2 aromatic heterocycles. The van der Waals surface area contributed by atoms with Crippen LogP contribution < -0.4 is 5.32 Å². The molecule has 1 atom stereocenters. The second-order valence-corrected chi connectivity index (χ2v) is 7.56. The molecule has 1 N–H and O–H groups in total. The van der Waals surface area contributed by atoms with E-state index in [1.807, 2.05) is 19.1 Å². The molecule has 1 aliphatic carbocycles. The Kier molecular flexibility index (Phi) is 3.84. The summed E-state index contributed by atoms with van der Waals surface area (Å²) in [6, 6.07) is 3.77. The van der Waals surface area contributed by atoms with Crippen LogP contribution in [0.15, 0.2) is 16.7 Å². The van der Waals surface area contributed by atoms with Crippen LogP contribution in [0.25, 0.3) is 0 Å². The fourth-order valence-electron chi connectivity index (χ4n) is 2.90. The van der Waals surface area contributed by atoms with Crippen molar-refractivity contribution in [3.63, 3.8) is 0 Å². The molecule has 2 aliphatic rings. The predicted octanol–water partition coefficient (Wildman–Crippen LogP) is 2.31. The lowest BCUT2D eigenvalue weighted by Gasteiger charge is -2.20. The minimum atomic E-state index is -0.308. The van der Waals surface area contributed by atoms with Crippen molar-refractivity contribution in [1.82, 2.24) is 20.4 Å². The van der Waals surface area contributed by atoms with E-state index in [0.29, 0.717) is 17.3 Å². The van der Waals surface area contributed by atoms with Crippen LogP contribution in [0.3, 0.4) is 0 Å². The second kappa shape index (κ2) is 6.01. The fourth-order valence-corrected chi connectivity index (χ4v) is 3.72. The maximum atomic E-state index is 12.7. The highest BCUT2D eigenvalue weighted by atomic mass is 32.1. The van der Waals surface area contributed by atoms with E-state index in [4.69, 9.17) is 4.52 Å². The smallest absolute Gasteiger partial charge is 0.292 e. The molecule has 4 rings (SSSR count). The first-order valence-corrected chi connectivity index (χ1v) is 8.95. The number of thiophene rings is 1. The highest BCUT2D eigenvalue weighted by Crippen LogP contribution is 2.33. The molecule has 2 fully saturated rings. The number of rotatable bonds is 4. The molecule has 0 radical (unpaired) electrons. The second-order valence-electron chi connectivity index (χ2n) is 6.27. The van der Waals surface area contributed by atoms with E-state index in [9.17, 15) is 9.59 Å². The first-order valence-electron chi connectivity index (χ1n) is 8.13. The standard InChI is InChI=1S/C16H18N4O3S/c1-9-4-7-12(24-9)16(22)20-8-2-3-11(20)15-18-13(19-23-15)14(21)17-10-5-6-10/h4,7,10-11H,2-3,5-6,8H2,1H3,(H,17,21)/t11-/m0/s1. The Morgan fingerprint density at radius 2 is 2.17 bits per heavy atom. The van der Waals surface area contributed by atoms with E-state index in [0.717, 1.165) is 30.6 Å². The Bertz CT molecular complexity index is 780. The number of amides is 2. The van der Waals surface area contributed by atoms with Crippen molar-refractivity contribution in [1.29, 1.82) is 0 Å². The molecule has 126 valence electrons. The summed E-state index contributed by atoms with van der Waals surface area (Å²) in [6.07, 6.45) is 3.65. The van der Waals surface area contributed by atoms with E-state index < -0.39 is 0 Å². The van der Waals surface area contributed by atoms with Gasteiger partial charge in [0.15, 0.2) is 0 Å². The van der Waals surface area contributed by atoms with E-state index >= 15 is 0 Å². The number of nitrogens with one attached hydrogen (secondary N) is 1. The van der Waals surface area contributed by atoms with Gasteiger partial charge in [-0.2, -0.15) is 4.98 Å². The molecular formula is C16H18N4O3S. The number of aryl methyl sites for hydroxylation is 1. The Balaban J connectivity index is 1.51. The van der Waals surface area contributed by atoms with E-state index in [1.54, 1.807) is 4.90 Å². The molecule has 1 saturated heterocycles. The van der Waals surface area contributed by atoms with Gasteiger partial charge in [0.2, 0.25) is 5.89 Å². The van der Waals surface area contributed by atoms with Crippen LogP contribution in [0, 0.1) is 6.92 Å². The zero-order valence-corrected chi connectivity index (χ0v) is 14.1. The number of likely N-dealkylation sites (tertiary alicyclic amines) is 1. The summed E-state index contributed by atoms with van der Waals surface area (Å²) in [5.74, 6) is 0.0632. The summed E-state index contributed by atoms with van der Waals surface area (Å²) in [4.78, 5) is 32.5. The van der Waals surface area contributed by atoms with Crippen molar-refractivity contribution in [3.8, 4) is 0 Å². The third-order valence-corrected chi connectivity index (χ3v) is 5.30. The first kappa shape index (κ1) is 15.3. The van der Waals surface area contributed by atoms with Crippen molar-refractivity contribution in [2.75, 3.05) is 6.54 Å². The summed E-state index contributed by atoms with van der Waals surface area (Å²) in [5.41, 5.74) is 0.